The summed E-state index contributed by atoms with van der Waals surface area (Å²) in [5.41, 5.74) is 1.54. The van der Waals surface area contributed by atoms with E-state index < -0.39 is 12.5 Å². The van der Waals surface area contributed by atoms with Gasteiger partial charge in [0.2, 0.25) is 0 Å². The van der Waals surface area contributed by atoms with Crippen molar-refractivity contribution < 1.29 is 18.3 Å². The molecular weight excluding hydrogens is 424 g/mol. The molecule has 0 aliphatic heterocycles. The number of rotatable bonds is 6. The molecule has 2 aromatic heterocycles. The van der Waals surface area contributed by atoms with Crippen LogP contribution in [0.3, 0.4) is 0 Å². The van der Waals surface area contributed by atoms with E-state index in [1.165, 1.54) is 0 Å². The van der Waals surface area contributed by atoms with Crippen molar-refractivity contribution in [1.29, 1.82) is 5.26 Å². The summed E-state index contributed by atoms with van der Waals surface area (Å²) in [5.74, 6) is -0.108. The maximum absolute atomic E-state index is 13.7. The zero-order valence-corrected chi connectivity index (χ0v) is 17.0. The molecule has 10 heteroatoms. The zero-order chi connectivity index (χ0) is 22.0. The van der Waals surface area contributed by atoms with E-state index in [4.69, 9.17) is 10.00 Å². The van der Waals surface area contributed by atoms with Gasteiger partial charge in [-0.3, -0.25) is 14.7 Å². The number of para-hydroxylation sites is 3. The van der Waals surface area contributed by atoms with E-state index in [1.54, 1.807) is 55.5 Å². The van der Waals surface area contributed by atoms with Crippen LogP contribution in [0.2, 0.25) is 0 Å². The summed E-state index contributed by atoms with van der Waals surface area (Å²) in [6.07, 6.45) is 0. The molecule has 2 aromatic carbocycles. The second kappa shape index (κ2) is 8.49. The van der Waals surface area contributed by atoms with Gasteiger partial charge in [0.15, 0.2) is 17.6 Å². The smallest absolute Gasteiger partial charge is 0.320 e. The first-order valence-electron chi connectivity index (χ1n) is 9.12. The summed E-state index contributed by atoms with van der Waals surface area (Å²) in [5, 5.41) is 11.9. The van der Waals surface area contributed by atoms with Crippen LogP contribution in [-0.4, -0.2) is 27.0 Å². The SMILES string of the molecule is Cc1nc(NC(=O)COc2ccccc2C#N)sc1-c1nc2ccccc2n1C(F)F. The maximum Gasteiger partial charge on any atom is 0.320 e. The van der Waals surface area contributed by atoms with Crippen LogP contribution in [-0.2, 0) is 4.79 Å². The van der Waals surface area contributed by atoms with Crippen LogP contribution in [0.15, 0.2) is 48.5 Å². The normalized spacial score (nSPS) is 10.9. The summed E-state index contributed by atoms with van der Waals surface area (Å²) in [4.78, 5) is 21.3. The lowest BCUT2D eigenvalue weighted by molar-refractivity contribution is -0.118. The van der Waals surface area contributed by atoms with Gasteiger partial charge in [-0.1, -0.05) is 35.6 Å². The van der Waals surface area contributed by atoms with Crippen molar-refractivity contribution in [2.75, 3.05) is 11.9 Å². The number of imidazole rings is 1. The molecule has 1 N–H and O–H groups in total. The van der Waals surface area contributed by atoms with Crippen molar-refractivity contribution in [2.24, 2.45) is 0 Å². The number of fused-ring (bicyclic) bond motifs is 1. The third kappa shape index (κ3) is 4.08. The van der Waals surface area contributed by atoms with Crippen molar-refractivity contribution in [3.05, 3.63) is 59.8 Å². The predicted molar refractivity (Wildman–Crippen MR) is 112 cm³/mol. The molecule has 7 nitrogen and oxygen atoms in total. The molecule has 0 saturated heterocycles. The number of thiazole rings is 1. The van der Waals surface area contributed by atoms with Gasteiger partial charge in [0.05, 0.1) is 27.2 Å². The van der Waals surface area contributed by atoms with Gasteiger partial charge in [0.25, 0.3) is 5.91 Å². The fraction of sp³-hybridized carbons (Fsp3) is 0.143. The topological polar surface area (TPSA) is 92.8 Å². The Bertz CT molecular complexity index is 1310. The summed E-state index contributed by atoms with van der Waals surface area (Å²) < 4.78 is 33.7. The lowest BCUT2D eigenvalue weighted by Gasteiger charge is -2.07. The molecule has 0 radical (unpaired) electrons. The van der Waals surface area contributed by atoms with Crippen LogP contribution in [0, 0.1) is 18.3 Å². The van der Waals surface area contributed by atoms with Gasteiger partial charge < -0.3 is 4.74 Å². The summed E-state index contributed by atoms with van der Waals surface area (Å²) in [7, 11) is 0. The number of anilines is 1. The Balaban J connectivity index is 1.55. The van der Waals surface area contributed by atoms with Gasteiger partial charge in [0.1, 0.15) is 11.8 Å². The number of carbonyl (C=O) groups excluding carboxylic acids is 1. The standard InChI is InChI=1S/C21H15F2N5O2S/c1-12-18(19-26-14-7-3-4-8-15(14)28(19)20(22)23)31-21(25-12)27-17(29)11-30-16-9-5-2-6-13(16)10-24/h2-9,20H,11H2,1H3,(H,25,27,29). The first-order valence-corrected chi connectivity index (χ1v) is 9.94. The van der Waals surface area contributed by atoms with Crippen molar-refractivity contribution in [3.63, 3.8) is 0 Å². The molecule has 0 fully saturated rings. The molecule has 156 valence electrons. The third-order valence-corrected chi connectivity index (χ3v) is 5.47. The lowest BCUT2D eigenvalue weighted by Crippen LogP contribution is -2.20. The number of hydrogen-bond acceptors (Lipinski definition) is 6. The predicted octanol–water partition coefficient (Wildman–Crippen LogP) is 4.75. The first kappa shape index (κ1) is 20.4. The second-order valence-corrected chi connectivity index (χ2v) is 7.45. The van der Waals surface area contributed by atoms with Gasteiger partial charge in [-0.25, -0.2) is 9.97 Å². The highest BCUT2D eigenvalue weighted by Gasteiger charge is 2.23. The number of benzene rings is 2. The Morgan fingerprint density at radius 1 is 1.23 bits per heavy atom. The monoisotopic (exact) mass is 439 g/mol. The van der Waals surface area contributed by atoms with Crippen LogP contribution >= 0.6 is 11.3 Å². The number of amides is 1. The Morgan fingerprint density at radius 3 is 2.74 bits per heavy atom. The Hall–Kier alpha value is -3.84. The van der Waals surface area contributed by atoms with E-state index in [-0.39, 0.29) is 17.6 Å². The highest BCUT2D eigenvalue weighted by atomic mass is 32.1. The van der Waals surface area contributed by atoms with E-state index in [1.807, 2.05) is 6.07 Å². The van der Waals surface area contributed by atoms with Crippen molar-refractivity contribution >= 4 is 33.4 Å². The summed E-state index contributed by atoms with van der Waals surface area (Å²) >= 11 is 1.05. The average molecular weight is 439 g/mol. The fourth-order valence-corrected chi connectivity index (χ4v) is 4.01. The van der Waals surface area contributed by atoms with Crippen LogP contribution in [0.25, 0.3) is 21.7 Å². The van der Waals surface area contributed by atoms with Crippen molar-refractivity contribution in [2.45, 2.75) is 13.5 Å². The number of alkyl halides is 2. The van der Waals surface area contributed by atoms with E-state index in [0.29, 0.717) is 32.9 Å². The average Bonchev–Trinajstić information content (AvgIpc) is 3.32. The van der Waals surface area contributed by atoms with Gasteiger partial charge in [-0.2, -0.15) is 14.0 Å². The molecule has 31 heavy (non-hydrogen) atoms. The van der Waals surface area contributed by atoms with Crippen LogP contribution in [0.4, 0.5) is 13.9 Å². The molecule has 0 bridgehead atoms. The lowest BCUT2D eigenvalue weighted by atomic mass is 10.2. The summed E-state index contributed by atoms with van der Waals surface area (Å²) in [6, 6.07) is 15.2. The van der Waals surface area contributed by atoms with Gasteiger partial charge in [-0.05, 0) is 31.2 Å². The molecule has 2 heterocycles. The number of hydrogen-bond donors (Lipinski definition) is 1. The number of nitriles is 1. The second-order valence-electron chi connectivity index (χ2n) is 6.45. The molecular formula is C21H15F2N5O2S. The quantitative estimate of drug-likeness (QED) is 0.468. The van der Waals surface area contributed by atoms with E-state index in [0.717, 1.165) is 15.9 Å². The Morgan fingerprint density at radius 2 is 1.97 bits per heavy atom. The minimum absolute atomic E-state index is 0.0888. The highest BCUT2D eigenvalue weighted by Crippen LogP contribution is 2.36. The number of aromatic nitrogens is 3. The molecule has 0 aliphatic carbocycles. The third-order valence-electron chi connectivity index (χ3n) is 4.40. The molecule has 0 spiro atoms. The molecule has 4 rings (SSSR count). The number of carbonyl (C=O) groups is 1. The van der Waals surface area contributed by atoms with Gasteiger partial charge >= 0.3 is 6.55 Å². The summed E-state index contributed by atoms with van der Waals surface area (Å²) in [6.45, 7) is -1.45. The Labute approximate surface area is 179 Å². The zero-order valence-electron chi connectivity index (χ0n) is 16.2. The van der Waals surface area contributed by atoms with E-state index >= 15 is 0 Å². The number of halogens is 2. The van der Waals surface area contributed by atoms with Gasteiger partial charge in [0, 0.05) is 0 Å². The van der Waals surface area contributed by atoms with Gasteiger partial charge in [-0.15, -0.1) is 0 Å². The fourth-order valence-electron chi connectivity index (χ4n) is 3.04. The van der Waals surface area contributed by atoms with E-state index in [9.17, 15) is 13.6 Å². The highest BCUT2D eigenvalue weighted by molar-refractivity contribution is 7.19. The molecule has 0 unspecified atom stereocenters. The number of nitrogens with zero attached hydrogens (tertiary/aromatic N) is 4. The largest absolute Gasteiger partial charge is 0.482 e. The van der Waals surface area contributed by atoms with Crippen molar-refractivity contribution in [3.8, 4) is 22.5 Å². The van der Waals surface area contributed by atoms with Crippen LogP contribution < -0.4 is 10.1 Å². The molecule has 0 saturated carbocycles. The van der Waals surface area contributed by atoms with E-state index in [2.05, 4.69) is 15.3 Å². The molecule has 4 aromatic rings. The Kier molecular flexibility index (Phi) is 5.60. The minimum Gasteiger partial charge on any atom is -0.482 e. The number of nitrogens with one attached hydrogen (secondary N) is 1. The van der Waals surface area contributed by atoms with Crippen LogP contribution in [0.5, 0.6) is 5.75 Å². The molecule has 0 atom stereocenters. The minimum atomic E-state index is -2.78. The molecule has 0 aliphatic rings. The number of aryl methyl sites for hydroxylation is 1. The first-order chi connectivity index (χ1) is 15.0. The van der Waals surface area contributed by atoms with Crippen molar-refractivity contribution in [1.82, 2.24) is 14.5 Å². The number of ether oxygens (including phenoxy) is 1. The van der Waals surface area contributed by atoms with Crippen LogP contribution in [0.1, 0.15) is 17.8 Å². The molecule has 1 amide bonds. The maximum atomic E-state index is 13.7.